The molecule has 0 aliphatic carbocycles. The molecule has 0 radical (unpaired) electrons. The first-order valence-corrected chi connectivity index (χ1v) is 11.4. The topological polar surface area (TPSA) is 73.0 Å². The minimum absolute atomic E-state index is 0.0874. The minimum Gasteiger partial charge on any atom is -0.448 e. The number of aromatic nitrogens is 3. The van der Waals surface area contributed by atoms with Crippen molar-refractivity contribution < 1.29 is 9.21 Å². The molecule has 7 heteroatoms. The molecular weight excluding hydrogens is 408 g/mol. The van der Waals surface area contributed by atoms with Crippen molar-refractivity contribution in [1.29, 1.82) is 0 Å². The number of pyridine rings is 1. The standard InChI is InChI=1S/C24H26N4O2S/c1-5-15(3)26-23(29)19-13-21(28(16(19)4)22-8-7-11-30-22)20-14-31-24(27-20)17-9-10-25-18(6-2)12-17/h7-15H,5-6H2,1-4H3,(H,26,29). The average molecular weight is 435 g/mol. The molecule has 0 spiro atoms. The quantitative estimate of drug-likeness (QED) is 0.408. The lowest BCUT2D eigenvalue weighted by Crippen LogP contribution is -2.32. The van der Waals surface area contributed by atoms with Gasteiger partial charge in [-0.25, -0.2) is 4.98 Å². The highest BCUT2D eigenvalue weighted by atomic mass is 32.1. The highest BCUT2D eigenvalue weighted by Crippen LogP contribution is 2.33. The van der Waals surface area contributed by atoms with E-state index in [-0.39, 0.29) is 11.9 Å². The van der Waals surface area contributed by atoms with Gasteiger partial charge in [0.05, 0.1) is 23.2 Å². The van der Waals surface area contributed by atoms with Gasteiger partial charge in [-0.2, -0.15) is 0 Å². The third-order valence-electron chi connectivity index (χ3n) is 5.40. The third-order valence-corrected chi connectivity index (χ3v) is 6.29. The highest BCUT2D eigenvalue weighted by Gasteiger charge is 2.23. The lowest BCUT2D eigenvalue weighted by Gasteiger charge is -2.11. The molecule has 0 saturated carbocycles. The molecule has 0 bridgehead atoms. The van der Waals surface area contributed by atoms with E-state index < -0.39 is 0 Å². The summed E-state index contributed by atoms with van der Waals surface area (Å²) >= 11 is 1.58. The van der Waals surface area contributed by atoms with Gasteiger partial charge in [0.1, 0.15) is 5.01 Å². The summed E-state index contributed by atoms with van der Waals surface area (Å²) in [6.45, 7) is 8.08. The largest absolute Gasteiger partial charge is 0.448 e. The fourth-order valence-electron chi connectivity index (χ4n) is 3.44. The molecule has 4 aromatic rings. The lowest BCUT2D eigenvalue weighted by atomic mass is 10.2. The van der Waals surface area contributed by atoms with Gasteiger partial charge >= 0.3 is 0 Å². The summed E-state index contributed by atoms with van der Waals surface area (Å²) in [7, 11) is 0. The molecule has 1 N–H and O–H groups in total. The van der Waals surface area contributed by atoms with Crippen LogP contribution in [0.2, 0.25) is 0 Å². The van der Waals surface area contributed by atoms with Crippen LogP contribution in [0, 0.1) is 6.92 Å². The van der Waals surface area contributed by atoms with E-state index >= 15 is 0 Å². The predicted octanol–water partition coefficient (Wildman–Crippen LogP) is 5.65. The van der Waals surface area contributed by atoms with Crippen molar-refractivity contribution in [3.8, 4) is 27.8 Å². The number of hydrogen-bond donors (Lipinski definition) is 1. The van der Waals surface area contributed by atoms with Gasteiger partial charge in [-0.3, -0.25) is 14.3 Å². The first kappa shape index (κ1) is 21.1. The molecule has 1 unspecified atom stereocenters. The van der Waals surface area contributed by atoms with E-state index in [2.05, 4.69) is 30.2 Å². The molecule has 4 heterocycles. The van der Waals surface area contributed by atoms with Crippen LogP contribution in [0.4, 0.5) is 0 Å². The lowest BCUT2D eigenvalue weighted by molar-refractivity contribution is 0.0938. The number of carbonyl (C=O) groups is 1. The Hall–Kier alpha value is -3.19. The van der Waals surface area contributed by atoms with E-state index in [1.807, 2.05) is 54.3 Å². The summed E-state index contributed by atoms with van der Waals surface area (Å²) in [4.78, 5) is 22.2. The molecular formula is C24H26N4O2S. The zero-order chi connectivity index (χ0) is 22.0. The van der Waals surface area contributed by atoms with E-state index in [1.54, 1.807) is 17.6 Å². The summed E-state index contributed by atoms with van der Waals surface area (Å²) < 4.78 is 7.63. The smallest absolute Gasteiger partial charge is 0.253 e. The Labute approximate surface area is 186 Å². The van der Waals surface area contributed by atoms with Crippen molar-refractivity contribution in [2.45, 2.75) is 46.6 Å². The summed E-state index contributed by atoms with van der Waals surface area (Å²) in [5.74, 6) is 0.567. The van der Waals surface area contributed by atoms with Crippen LogP contribution in [0.25, 0.3) is 27.8 Å². The van der Waals surface area contributed by atoms with Crippen LogP contribution in [0.5, 0.6) is 0 Å². The summed E-state index contributed by atoms with van der Waals surface area (Å²) in [5, 5.41) is 6.00. The molecule has 1 amide bonds. The normalized spacial score (nSPS) is 12.1. The number of carbonyl (C=O) groups excluding carboxylic acids is 1. The maximum atomic E-state index is 12.9. The number of aryl methyl sites for hydroxylation is 1. The first-order valence-electron chi connectivity index (χ1n) is 10.5. The van der Waals surface area contributed by atoms with E-state index in [1.165, 1.54) is 0 Å². The second-order valence-corrected chi connectivity index (χ2v) is 8.38. The number of amides is 1. The first-order chi connectivity index (χ1) is 15.0. The molecule has 0 fully saturated rings. The number of nitrogens with one attached hydrogen (secondary N) is 1. The third kappa shape index (κ3) is 4.18. The van der Waals surface area contributed by atoms with E-state index in [0.29, 0.717) is 11.4 Å². The Morgan fingerprint density at radius 1 is 1.29 bits per heavy atom. The van der Waals surface area contributed by atoms with Gasteiger partial charge in [0.2, 0.25) is 5.88 Å². The molecule has 6 nitrogen and oxygen atoms in total. The Morgan fingerprint density at radius 2 is 2.13 bits per heavy atom. The van der Waals surface area contributed by atoms with Crippen molar-refractivity contribution in [3.05, 3.63) is 65.1 Å². The van der Waals surface area contributed by atoms with Crippen LogP contribution in [0.1, 0.15) is 48.9 Å². The van der Waals surface area contributed by atoms with Crippen LogP contribution < -0.4 is 5.32 Å². The number of rotatable bonds is 7. The maximum absolute atomic E-state index is 12.9. The summed E-state index contributed by atoms with van der Waals surface area (Å²) in [6, 6.07) is 9.78. The van der Waals surface area contributed by atoms with Crippen molar-refractivity contribution >= 4 is 17.2 Å². The monoisotopic (exact) mass is 434 g/mol. The van der Waals surface area contributed by atoms with Crippen molar-refractivity contribution in [1.82, 2.24) is 19.9 Å². The van der Waals surface area contributed by atoms with Crippen LogP contribution in [0.15, 0.2) is 52.6 Å². The van der Waals surface area contributed by atoms with Gasteiger partial charge in [-0.05, 0) is 51.0 Å². The Balaban J connectivity index is 1.78. The molecule has 0 saturated heterocycles. The summed E-state index contributed by atoms with van der Waals surface area (Å²) in [5.41, 5.74) is 5.15. The molecule has 4 aromatic heterocycles. The SMILES string of the molecule is CCc1cc(-c2nc(-c3cc(C(=O)NC(C)CC)c(C)n3-c3ccco3)cs2)ccn1. The molecule has 0 aliphatic rings. The maximum Gasteiger partial charge on any atom is 0.253 e. The van der Waals surface area contributed by atoms with Crippen LogP contribution in [0.3, 0.4) is 0 Å². The minimum atomic E-state index is -0.0874. The van der Waals surface area contributed by atoms with Crippen LogP contribution >= 0.6 is 11.3 Å². The average Bonchev–Trinajstić information content (AvgIpc) is 3.53. The van der Waals surface area contributed by atoms with E-state index in [4.69, 9.17) is 9.40 Å². The van der Waals surface area contributed by atoms with Crippen LogP contribution in [-0.4, -0.2) is 26.5 Å². The molecule has 31 heavy (non-hydrogen) atoms. The van der Waals surface area contributed by atoms with Crippen LogP contribution in [-0.2, 0) is 6.42 Å². The fourth-order valence-corrected chi connectivity index (χ4v) is 4.25. The number of thiazole rings is 1. The molecule has 0 aliphatic heterocycles. The molecule has 4 rings (SSSR count). The Morgan fingerprint density at radius 3 is 2.84 bits per heavy atom. The zero-order valence-electron chi connectivity index (χ0n) is 18.2. The Kier molecular flexibility index (Phi) is 6.04. The molecule has 1 atom stereocenters. The van der Waals surface area contributed by atoms with Gasteiger partial charge in [0.15, 0.2) is 0 Å². The van der Waals surface area contributed by atoms with E-state index in [9.17, 15) is 4.79 Å². The van der Waals surface area contributed by atoms with Gasteiger partial charge < -0.3 is 9.73 Å². The molecule has 0 aromatic carbocycles. The summed E-state index contributed by atoms with van der Waals surface area (Å²) in [6.07, 6.45) is 5.20. The van der Waals surface area contributed by atoms with Crippen molar-refractivity contribution in [2.24, 2.45) is 0 Å². The van der Waals surface area contributed by atoms with Crippen molar-refractivity contribution in [2.75, 3.05) is 0 Å². The highest BCUT2D eigenvalue weighted by molar-refractivity contribution is 7.13. The second-order valence-electron chi connectivity index (χ2n) is 7.53. The second kappa shape index (κ2) is 8.89. The number of furan rings is 1. The number of nitrogens with zero attached hydrogens (tertiary/aromatic N) is 3. The Bertz CT molecular complexity index is 1190. The van der Waals surface area contributed by atoms with Gasteiger partial charge in [0.25, 0.3) is 5.91 Å². The van der Waals surface area contributed by atoms with Gasteiger partial charge in [-0.1, -0.05) is 13.8 Å². The van der Waals surface area contributed by atoms with E-state index in [0.717, 1.165) is 46.2 Å². The fraction of sp³-hybridized carbons (Fsp3) is 0.292. The predicted molar refractivity (Wildman–Crippen MR) is 124 cm³/mol. The number of hydrogen-bond acceptors (Lipinski definition) is 5. The van der Waals surface area contributed by atoms with Gasteiger partial charge in [-0.15, -0.1) is 11.3 Å². The molecule has 160 valence electrons. The zero-order valence-corrected chi connectivity index (χ0v) is 19.0. The van der Waals surface area contributed by atoms with Gasteiger partial charge in [0, 0.05) is 40.6 Å². The van der Waals surface area contributed by atoms with Crippen molar-refractivity contribution in [3.63, 3.8) is 0 Å².